The number of ether oxygens (including phenoxy) is 1. The van der Waals surface area contributed by atoms with Crippen LogP contribution in [0.3, 0.4) is 0 Å². The van der Waals surface area contributed by atoms with Crippen LogP contribution in [0.2, 0.25) is 0 Å². The third-order valence-electron chi connectivity index (χ3n) is 3.69. The molecule has 2 aromatic carbocycles. The minimum atomic E-state index is 0.396. The molecule has 2 N–H and O–H groups in total. The fourth-order valence-corrected chi connectivity index (χ4v) is 2.46. The summed E-state index contributed by atoms with van der Waals surface area (Å²) in [4.78, 5) is 0. The maximum atomic E-state index is 5.85. The number of nitrogens with two attached hydrogens (primary N) is 1. The van der Waals surface area contributed by atoms with Crippen LogP contribution in [-0.2, 0) is 19.6 Å². The zero-order valence-electron chi connectivity index (χ0n) is 12.1. The van der Waals surface area contributed by atoms with Gasteiger partial charge in [-0.3, -0.25) is 0 Å². The highest BCUT2D eigenvalue weighted by Gasteiger charge is 2.12. The first kappa shape index (κ1) is 13.7. The van der Waals surface area contributed by atoms with Crippen LogP contribution in [0.4, 0.5) is 0 Å². The average Bonchev–Trinajstić information content (AvgIpc) is 2.91. The number of hydrogen-bond acceptors (Lipinski definition) is 3. The Morgan fingerprint density at radius 1 is 1.05 bits per heavy atom. The molecule has 0 aliphatic carbocycles. The quantitative estimate of drug-likeness (QED) is 0.768. The highest BCUT2D eigenvalue weighted by atomic mass is 16.5. The summed E-state index contributed by atoms with van der Waals surface area (Å²) in [6.07, 6.45) is 1.03. The van der Waals surface area contributed by atoms with Crippen molar-refractivity contribution < 1.29 is 9.15 Å². The molecule has 0 unspecified atom stereocenters. The molecule has 0 radical (unpaired) electrons. The fourth-order valence-electron chi connectivity index (χ4n) is 2.46. The van der Waals surface area contributed by atoms with Gasteiger partial charge in [0.1, 0.15) is 23.7 Å². The summed E-state index contributed by atoms with van der Waals surface area (Å²) in [5, 5.41) is 1.07. The van der Waals surface area contributed by atoms with E-state index in [2.05, 4.69) is 19.1 Å². The molecule has 3 rings (SSSR count). The predicted octanol–water partition coefficient (Wildman–Crippen LogP) is 4.03. The standard InChI is InChI=1S/C18H19NO2/c1-2-13-7-9-14(10-8-13)20-12-18-16(11-19)15-5-3-4-6-17(15)21-18/h3-10H,2,11-12,19H2,1H3. The topological polar surface area (TPSA) is 48.4 Å². The largest absolute Gasteiger partial charge is 0.486 e. The monoisotopic (exact) mass is 281 g/mol. The van der Waals surface area contributed by atoms with Gasteiger partial charge in [0.15, 0.2) is 0 Å². The van der Waals surface area contributed by atoms with E-state index in [0.717, 1.165) is 34.5 Å². The van der Waals surface area contributed by atoms with Gasteiger partial charge in [0, 0.05) is 17.5 Å². The van der Waals surface area contributed by atoms with Gasteiger partial charge in [0.05, 0.1) is 0 Å². The molecular weight excluding hydrogens is 262 g/mol. The normalized spacial score (nSPS) is 11.0. The van der Waals surface area contributed by atoms with E-state index in [4.69, 9.17) is 14.9 Å². The van der Waals surface area contributed by atoms with Gasteiger partial charge in [-0.05, 0) is 30.2 Å². The highest BCUT2D eigenvalue weighted by Crippen LogP contribution is 2.26. The molecule has 21 heavy (non-hydrogen) atoms. The van der Waals surface area contributed by atoms with Gasteiger partial charge in [-0.25, -0.2) is 0 Å². The van der Waals surface area contributed by atoms with E-state index in [0.29, 0.717) is 13.2 Å². The van der Waals surface area contributed by atoms with Crippen molar-refractivity contribution in [3.8, 4) is 5.75 Å². The summed E-state index contributed by atoms with van der Waals surface area (Å²) < 4.78 is 11.7. The van der Waals surface area contributed by atoms with E-state index >= 15 is 0 Å². The van der Waals surface area contributed by atoms with Crippen molar-refractivity contribution >= 4 is 11.0 Å². The lowest BCUT2D eigenvalue weighted by atomic mass is 10.1. The molecule has 0 aliphatic rings. The molecule has 1 heterocycles. The lowest BCUT2D eigenvalue weighted by Gasteiger charge is -2.06. The Morgan fingerprint density at radius 3 is 2.52 bits per heavy atom. The number of fused-ring (bicyclic) bond motifs is 1. The van der Waals surface area contributed by atoms with Crippen molar-refractivity contribution in [1.82, 2.24) is 0 Å². The van der Waals surface area contributed by atoms with E-state index in [1.54, 1.807) is 0 Å². The minimum Gasteiger partial charge on any atom is -0.486 e. The van der Waals surface area contributed by atoms with Crippen LogP contribution in [0.5, 0.6) is 5.75 Å². The van der Waals surface area contributed by atoms with Crippen molar-refractivity contribution in [2.45, 2.75) is 26.5 Å². The van der Waals surface area contributed by atoms with Crippen molar-refractivity contribution in [3.63, 3.8) is 0 Å². The molecule has 108 valence electrons. The van der Waals surface area contributed by atoms with Gasteiger partial charge in [-0.2, -0.15) is 0 Å². The number of aryl methyl sites for hydroxylation is 1. The molecule has 0 atom stereocenters. The average molecular weight is 281 g/mol. The van der Waals surface area contributed by atoms with Gasteiger partial charge in [-0.15, -0.1) is 0 Å². The van der Waals surface area contributed by atoms with Crippen LogP contribution < -0.4 is 10.5 Å². The van der Waals surface area contributed by atoms with Crippen LogP contribution in [0.1, 0.15) is 23.8 Å². The second kappa shape index (κ2) is 6.02. The summed E-state index contributed by atoms with van der Waals surface area (Å²) in [6, 6.07) is 16.1. The summed E-state index contributed by atoms with van der Waals surface area (Å²) in [6.45, 7) is 2.98. The van der Waals surface area contributed by atoms with E-state index < -0.39 is 0 Å². The van der Waals surface area contributed by atoms with Crippen LogP contribution in [0.15, 0.2) is 52.9 Å². The Labute approximate surface area is 124 Å². The second-order valence-electron chi connectivity index (χ2n) is 4.99. The number of hydrogen-bond donors (Lipinski definition) is 1. The molecule has 0 saturated carbocycles. The Kier molecular flexibility index (Phi) is 3.93. The third-order valence-corrected chi connectivity index (χ3v) is 3.69. The molecule has 3 nitrogen and oxygen atoms in total. The summed E-state index contributed by atoms with van der Waals surface area (Å²) in [5.41, 5.74) is 9.04. The minimum absolute atomic E-state index is 0.396. The SMILES string of the molecule is CCc1ccc(OCc2oc3ccccc3c2CN)cc1. The molecule has 3 heteroatoms. The molecular formula is C18H19NO2. The van der Waals surface area contributed by atoms with Crippen molar-refractivity contribution in [2.24, 2.45) is 5.73 Å². The van der Waals surface area contributed by atoms with Crippen molar-refractivity contribution in [1.29, 1.82) is 0 Å². The van der Waals surface area contributed by atoms with E-state index in [-0.39, 0.29) is 0 Å². The summed E-state index contributed by atoms with van der Waals surface area (Å²) >= 11 is 0. The number of rotatable bonds is 5. The fraction of sp³-hybridized carbons (Fsp3) is 0.222. The molecule has 0 fully saturated rings. The first-order valence-corrected chi connectivity index (χ1v) is 7.23. The second-order valence-corrected chi connectivity index (χ2v) is 4.99. The maximum Gasteiger partial charge on any atom is 0.147 e. The molecule has 0 aliphatic heterocycles. The van der Waals surface area contributed by atoms with E-state index in [9.17, 15) is 0 Å². The summed E-state index contributed by atoms with van der Waals surface area (Å²) in [7, 11) is 0. The number of furan rings is 1. The molecule has 0 amide bonds. The van der Waals surface area contributed by atoms with Crippen LogP contribution in [-0.4, -0.2) is 0 Å². The van der Waals surface area contributed by atoms with Gasteiger partial charge in [0.25, 0.3) is 0 Å². The lowest BCUT2D eigenvalue weighted by Crippen LogP contribution is -2.02. The molecule has 1 aromatic heterocycles. The lowest BCUT2D eigenvalue weighted by molar-refractivity contribution is 0.272. The maximum absolute atomic E-state index is 5.85. The van der Waals surface area contributed by atoms with E-state index in [1.165, 1.54) is 5.56 Å². The first-order chi connectivity index (χ1) is 10.3. The molecule has 3 aromatic rings. The van der Waals surface area contributed by atoms with E-state index in [1.807, 2.05) is 36.4 Å². The Hall–Kier alpha value is -2.26. The summed E-state index contributed by atoms with van der Waals surface area (Å²) in [5.74, 6) is 1.65. The number of benzene rings is 2. The predicted molar refractivity (Wildman–Crippen MR) is 84.3 cm³/mol. The van der Waals surface area contributed by atoms with Crippen LogP contribution in [0, 0.1) is 0 Å². The van der Waals surface area contributed by atoms with Crippen molar-refractivity contribution in [3.05, 3.63) is 65.4 Å². The number of para-hydroxylation sites is 1. The van der Waals surface area contributed by atoms with Gasteiger partial charge >= 0.3 is 0 Å². The zero-order valence-corrected chi connectivity index (χ0v) is 12.1. The molecule has 0 bridgehead atoms. The van der Waals surface area contributed by atoms with Gasteiger partial charge in [-0.1, -0.05) is 37.3 Å². The first-order valence-electron chi connectivity index (χ1n) is 7.23. The Morgan fingerprint density at radius 2 is 1.81 bits per heavy atom. The molecule has 0 spiro atoms. The Balaban J connectivity index is 1.80. The van der Waals surface area contributed by atoms with Gasteiger partial charge < -0.3 is 14.9 Å². The third kappa shape index (κ3) is 2.78. The van der Waals surface area contributed by atoms with Crippen molar-refractivity contribution in [2.75, 3.05) is 0 Å². The molecule has 0 saturated heterocycles. The zero-order chi connectivity index (χ0) is 14.7. The Bertz CT molecular complexity index is 729. The van der Waals surface area contributed by atoms with Crippen LogP contribution in [0.25, 0.3) is 11.0 Å². The van der Waals surface area contributed by atoms with Gasteiger partial charge in [0.2, 0.25) is 0 Å². The smallest absolute Gasteiger partial charge is 0.147 e. The van der Waals surface area contributed by atoms with Crippen LogP contribution >= 0.6 is 0 Å². The highest BCUT2D eigenvalue weighted by molar-refractivity contribution is 5.82.